The number of carbonyl (C=O) groups is 2. The molecule has 1 fully saturated rings. The molecule has 0 bridgehead atoms. The van der Waals surface area contributed by atoms with Gasteiger partial charge in [-0.3, -0.25) is 4.79 Å². The summed E-state index contributed by atoms with van der Waals surface area (Å²) in [5, 5.41) is 0. The van der Waals surface area contributed by atoms with Gasteiger partial charge in [-0.15, -0.1) is 0 Å². The molecule has 0 saturated carbocycles. The SMILES string of the molecule is CCOC(=O)CCCOc1cccc(C2(C)OCCO2)c1C(=O)OC. The van der Waals surface area contributed by atoms with E-state index in [0.29, 0.717) is 37.6 Å². The molecule has 25 heavy (non-hydrogen) atoms. The van der Waals surface area contributed by atoms with Crippen LogP contribution in [0.5, 0.6) is 5.75 Å². The highest BCUT2D eigenvalue weighted by molar-refractivity contribution is 5.94. The molecule has 0 N–H and O–H groups in total. The van der Waals surface area contributed by atoms with Crippen LogP contribution in [0.4, 0.5) is 0 Å². The molecule has 7 nitrogen and oxygen atoms in total. The Labute approximate surface area is 147 Å². The highest BCUT2D eigenvalue weighted by Gasteiger charge is 2.38. The average molecular weight is 352 g/mol. The number of hydrogen-bond donors (Lipinski definition) is 0. The number of esters is 2. The van der Waals surface area contributed by atoms with Crippen LogP contribution in [0.25, 0.3) is 0 Å². The summed E-state index contributed by atoms with van der Waals surface area (Å²) >= 11 is 0. The number of hydrogen-bond acceptors (Lipinski definition) is 7. The van der Waals surface area contributed by atoms with E-state index in [1.807, 2.05) is 0 Å². The van der Waals surface area contributed by atoms with Crippen LogP contribution in [0.1, 0.15) is 42.6 Å². The molecule has 1 heterocycles. The first-order valence-corrected chi connectivity index (χ1v) is 8.30. The van der Waals surface area contributed by atoms with Crippen molar-refractivity contribution in [3.63, 3.8) is 0 Å². The Balaban J connectivity index is 2.14. The molecule has 0 aliphatic carbocycles. The van der Waals surface area contributed by atoms with Crippen LogP contribution in [-0.4, -0.2) is 45.5 Å². The zero-order chi connectivity index (χ0) is 18.3. The monoisotopic (exact) mass is 352 g/mol. The quantitative estimate of drug-likeness (QED) is 0.525. The average Bonchev–Trinajstić information content (AvgIpc) is 3.06. The summed E-state index contributed by atoms with van der Waals surface area (Å²) < 4.78 is 26.8. The van der Waals surface area contributed by atoms with Gasteiger partial charge in [-0.1, -0.05) is 12.1 Å². The van der Waals surface area contributed by atoms with Crippen LogP contribution >= 0.6 is 0 Å². The topological polar surface area (TPSA) is 80.3 Å². The molecule has 2 rings (SSSR count). The van der Waals surface area contributed by atoms with E-state index in [2.05, 4.69) is 0 Å². The second-order valence-electron chi connectivity index (χ2n) is 5.57. The minimum atomic E-state index is -1.02. The van der Waals surface area contributed by atoms with Gasteiger partial charge in [-0.25, -0.2) is 4.79 Å². The van der Waals surface area contributed by atoms with Gasteiger partial charge in [0.1, 0.15) is 11.3 Å². The summed E-state index contributed by atoms with van der Waals surface area (Å²) in [4.78, 5) is 23.7. The highest BCUT2D eigenvalue weighted by atomic mass is 16.7. The number of carbonyl (C=O) groups excluding carboxylic acids is 2. The van der Waals surface area contributed by atoms with E-state index in [9.17, 15) is 9.59 Å². The van der Waals surface area contributed by atoms with Gasteiger partial charge >= 0.3 is 11.9 Å². The highest BCUT2D eigenvalue weighted by Crippen LogP contribution is 2.37. The summed E-state index contributed by atoms with van der Waals surface area (Å²) in [6, 6.07) is 5.19. The van der Waals surface area contributed by atoms with Crippen molar-refractivity contribution in [1.82, 2.24) is 0 Å². The van der Waals surface area contributed by atoms with Crippen LogP contribution < -0.4 is 4.74 Å². The summed E-state index contributed by atoms with van der Waals surface area (Å²) in [5.74, 6) is -1.45. The maximum Gasteiger partial charge on any atom is 0.342 e. The van der Waals surface area contributed by atoms with Crippen molar-refractivity contribution in [3.05, 3.63) is 29.3 Å². The standard InChI is InChI=1S/C18H24O7/c1-4-22-15(19)9-6-10-23-14-8-5-7-13(16(14)17(20)21-3)18(2)24-11-12-25-18/h5,7-8H,4,6,9-12H2,1-3H3. The minimum Gasteiger partial charge on any atom is -0.493 e. The Hall–Kier alpha value is -2.12. The second-order valence-corrected chi connectivity index (χ2v) is 5.57. The summed E-state index contributed by atoms with van der Waals surface area (Å²) in [6.07, 6.45) is 0.735. The Morgan fingerprint density at radius 1 is 1.24 bits per heavy atom. The van der Waals surface area contributed by atoms with Gasteiger partial charge in [0.2, 0.25) is 0 Å². The fraction of sp³-hybridized carbons (Fsp3) is 0.556. The number of methoxy groups -OCH3 is 1. The van der Waals surface area contributed by atoms with E-state index in [0.717, 1.165) is 0 Å². The molecule has 1 aliphatic rings. The van der Waals surface area contributed by atoms with Crippen molar-refractivity contribution in [2.24, 2.45) is 0 Å². The third kappa shape index (κ3) is 4.70. The molecule has 7 heteroatoms. The van der Waals surface area contributed by atoms with Gasteiger partial charge < -0.3 is 23.7 Å². The molecule has 0 amide bonds. The Bertz CT molecular complexity index is 605. The third-order valence-electron chi connectivity index (χ3n) is 3.83. The summed E-state index contributed by atoms with van der Waals surface area (Å²) in [5.41, 5.74) is 0.824. The Kier molecular flexibility index (Phi) is 6.78. The lowest BCUT2D eigenvalue weighted by Crippen LogP contribution is -2.26. The van der Waals surface area contributed by atoms with E-state index in [1.165, 1.54) is 7.11 Å². The fourth-order valence-electron chi connectivity index (χ4n) is 2.64. The molecule has 1 aliphatic heterocycles. The zero-order valence-electron chi connectivity index (χ0n) is 14.8. The van der Waals surface area contributed by atoms with Gasteiger partial charge in [0.25, 0.3) is 0 Å². The van der Waals surface area contributed by atoms with Gasteiger partial charge in [-0.05, 0) is 26.3 Å². The zero-order valence-corrected chi connectivity index (χ0v) is 14.8. The predicted molar refractivity (Wildman–Crippen MR) is 88.4 cm³/mol. The van der Waals surface area contributed by atoms with Crippen molar-refractivity contribution >= 4 is 11.9 Å². The number of rotatable bonds is 8. The van der Waals surface area contributed by atoms with Gasteiger partial charge in [0.05, 0.1) is 33.5 Å². The first kappa shape index (κ1) is 19.2. The van der Waals surface area contributed by atoms with Crippen LogP contribution in [0.2, 0.25) is 0 Å². The van der Waals surface area contributed by atoms with E-state index < -0.39 is 11.8 Å². The molecule has 1 aromatic rings. The third-order valence-corrected chi connectivity index (χ3v) is 3.83. The maximum absolute atomic E-state index is 12.3. The van der Waals surface area contributed by atoms with E-state index in [-0.39, 0.29) is 24.6 Å². The van der Waals surface area contributed by atoms with E-state index in [1.54, 1.807) is 32.0 Å². The fourth-order valence-corrected chi connectivity index (χ4v) is 2.64. The van der Waals surface area contributed by atoms with Gasteiger partial charge in [0, 0.05) is 12.0 Å². The molecule has 1 saturated heterocycles. The van der Waals surface area contributed by atoms with Crippen molar-refractivity contribution in [2.75, 3.05) is 33.5 Å². The van der Waals surface area contributed by atoms with Gasteiger partial charge in [-0.2, -0.15) is 0 Å². The molecule has 0 atom stereocenters. The minimum absolute atomic E-state index is 0.255. The van der Waals surface area contributed by atoms with Crippen LogP contribution in [0, 0.1) is 0 Å². The van der Waals surface area contributed by atoms with Crippen LogP contribution in [0.3, 0.4) is 0 Å². The summed E-state index contributed by atoms with van der Waals surface area (Å²) in [7, 11) is 1.31. The molecular weight excluding hydrogens is 328 g/mol. The van der Waals surface area contributed by atoms with Crippen molar-refractivity contribution < 1.29 is 33.3 Å². The first-order chi connectivity index (χ1) is 12.0. The first-order valence-electron chi connectivity index (χ1n) is 8.30. The lowest BCUT2D eigenvalue weighted by molar-refractivity contribution is -0.150. The number of benzene rings is 1. The van der Waals surface area contributed by atoms with Gasteiger partial charge in [0.15, 0.2) is 5.79 Å². The van der Waals surface area contributed by atoms with E-state index in [4.69, 9.17) is 23.7 Å². The normalized spacial score (nSPS) is 15.6. The van der Waals surface area contributed by atoms with Crippen molar-refractivity contribution in [1.29, 1.82) is 0 Å². The summed E-state index contributed by atoms with van der Waals surface area (Å²) in [6.45, 7) is 5.03. The molecular formula is C18H24O7. The van der Waals surface area contributed by atoms with Crippen molar-refractivity contribution in [3.8, 4) is 5.75 Å². The van der Waals surface area contributed by atoms with Crippen LogP contribution in [-0.2, 0) is 29.5 Å². The maximum atomic E-state index is 12.3. The Morgan fingerprint density at radius 3 is 2.60 bits per heavy atom. The van der Waals surface area contributed by atoms with E-state index >= 15 is 0 Å². The van der Waals surface area contributed by atoms with Crippen LogP contribution in [0.15, 0.2) is 18.2 Å². The molecule has 138 valence electrons. The van der Waals surface area contributed by atoms with Crippen molar-refractivity contribution in [2.45, 2.75) is 32.5 Å². The molecule has 0 aromatic heterocycles. The predicted octanol–water partition coefficient (Wildman–Crippen LogP) is 2.41. The lowest BCUT2D eigenvalue weighted by atomic mass is 9.99. The molecule has 0 spiro atoms. The smallest absolute Gasteiger partial charge is 0.342 e. The largest absolute Gasteiger partial charge is 0.493 e. The second kappa shape index (κ2) is 8.82. The molecule has 1 aromatic carbocycles. The molecule has 0 radical (unpaired) electrons. The Morgan fingerprint density at radius 2 is 1.96 bits per heavy atom. The lowest BCUT2D eigenvalue weighted by Gasteiger charge is -2.25. The number of ether oxygens (including phenoxy) is 5. The molecule has 0 unspecified atom stereocenters.